The van der Waals surface area contributed by atoms with Crippen molar-refractivity contribution in [1.82, 2.24) is 0 Å². The molecule has 1 rings (SSSR count). The molecular formula is C11H16FNO3. The van der Waals surface area contributed by atoms with Gasteiger partial charge in [0.05, 0.1) is 27.4 Å². The van der Waals surface area contributed by atoms with Crippen LogP contribution in [0.5, 0.6) is 17.2 Å². The van der Waals surface area contributed by atoms with E-state index in [4.69, 9.17) is 19.9 Å². The summed E-state index contributed by atoms with van der Waals surface area (Å²) in [5, 5.41) is 0. The highest BCUT2D eigenvalue weighted by Crippen LogP contribution is 2.36. The van der Waals surface area contributed by atoms with E-state index in [1.165, 1.54) is 21.3 Å². The van der Waals surface area contributed by atoms with Gasteiger partial charge >= 0.3 is 0 Å². The standard InChI is InChI=1S/C11H16FNO3/c1-14-9-5-11(16-3)10(15-2)4-7(9)8(13)6-12/h4-5,8H,6,13H2,1-3H3/t8-/m1/s1. The number of halogens is 1. The largest absolute Gasteiger partial charge is 0.496 e. The van der Waals surface area contributed by atoms with Gasteiger partial charge in [0.15, 0.2) is 11.5 Å². The lowest BCUT2D eigenvalue weighted by molar-refractivity contribution is 0.343. The second kappa shape index (κ2) is 5.55. The number of alkyl halides is 1. The predicted octanol–water partition coefficient (Wildman–Crippen LogP) is 1.68. The average molecular weight is 229 g/mol. The Bertz CT molecular complexity index is 357. The highest BCUT2D eigenvalue weighted by Gasteiger charge is 2.16. The number of methoxy groups -OCH3 is 3. The summed E-state index contributed by atoms with van der Waals surface area (Å²) in [6.07, 6.45) is 0. The van der Waals surface area contributed by atoms with E-state index in [-0.39, 0.29) is 0 Å². The van der Waals surface area contributed by atoms with Crippen LogP contribution in [0.2, 0.25) is 0 Å². The second-order valence-corrected chi connectivity index (χ2v) is 3.21. The van der Waals surface area contributed by atoms with Crippen LogP contribution in [0.1, 0.15) is 11.6 Å². The number of rotatable bonds is 5. The van der Waals surface area contributed by atoms with Crippen LogP contribution in [0.15, 0.2) is 12.1 Å². The Morgan fingerprint density at radius 1 is 1.06 bits per heavy atom. The van der Waals surface area contributed by atoms with Crippen molar-refractivity contribution in [2.75, 3.05) is 28.0 Å². The zero-order valence-corrected chi connectivity index (χ0v) is 9.62. The van der Waals surface area contributed by atoms with Gasteiger partial charge in [0.1, 0.15) is 12.4 Å². The maximum Gasteiger partial charge on any atom is 0.164 e. The number of hydrogen-bond acceptors (Lipinski definition) is 4. The molecule has 90 valence electrons. The smallest absolute Gasteiger partial charge is 0.164 e. The van der Waals surface area contributed by atoms with E-state index in [9.17, 15) is 4.39 Å². The molecule has 0 radical (unpaired) electrons. The van der Waals surface area contributed by atoms with Gasteiger partial charge in [-0.15, -0.1) is 0 Å². The summed E-state index contributed by atoms with van der Waals surface area (Å²) in [5.41, 5.74) is 6.19. The lowest BCUT2D eigenvalue weighted by Crippen LogP contribution is -2.13. The number of hydrogen-bond donors (Lipinski definition) is 1. The molecule has 0 fully saturated rings. The number of benzene rings is 1. The van der Waals surface area contributed by atoms with E-state index < -0.39 is 12.7 Å². The zero-order valence-electron chi connectivity index (χ0n) is 9.62. The van der Waals surface area contributed by atoms with Crippen LogP contribution in [-0.2, 0) is 0 Å². The molecule has 0 bridgehead atoms. The molecule has 0 unspecified atom stereocenters. The second-order valence-electron chi connectivity index (χ2n) is 3.21. The molecule has 0 saturated heterocycles. The maximum atomic E-state index is 12.6. The van der Waals surface area contributed by atoms with Gasteiger partial charge in [-0.05, 0) is 6.07 Å². The highest BCUT2D eigenvalue weighted by atomic mass is 19.1. The third kappa shape index (κ3) is 2.36. The minimum absolute atomic E-state index is 0.489. The third-order valence-electron chi connectivity index (χ3n) is 2.30. The first kappa shape index (κ1) is 12.6. The first-order valence-corrected chi connectivity index (χ1v) is 4.79. The lowest BCUT2D eigenvalue weighted by Gasteiger charge is -2.16. The predicted molar refractivity (Wildman–Crippen MR) is 59.0 cm³/mol. The van der Waals surface area contributed by atoms with Crippen molar-refractivity contribution in [3.63, 3.8) is 0 Å². The van der Waals surface area contributed by atoms with Gasteiger partial charge < -0.3 is 19.9 Å². The molecule has 16 heavy (non-hydrogen) atoms. The van der Waals surface area contributed by atoms with Gasteiger partial charge in [-0.25, -0.2) is 4.39 Å². The fraction of sp³-hybridized carbons (Fsp3) is 0.455. The Labute approximate surface area is 94.1 Å². The first-order chi connectivity index (χ1) is 7.67. The Kier molecular flexibility index (Phi) is 4.37. The van der Waals surface area contributed by atoms with Crippen LogP contribution in [0, 0.1) is 0 Å². The van der Waals surface area contributed by atoms with Gasteiger partial charge in [-0.1, -0.05) is 0 Å². The minimum atomic E-state index is -0.727. The summed E-state index contributed by atoms with van der Waals surface area (Å²) in [7, 11) is 4.52. The van der Waals surface area contributed by atoms with Crippen molar-refractivity contribution >= 4 is 0 Å². The number of nitrogens with two attached hydrogens (primary N) is 1. The van der Waals surface area contributed by atoms with E-state index in [2.05, 4.69) is 0 Å². The molecule has 4 nitrogen and oxygen atoms in total. The monoisotopic (exact) mass is 229 g/mol. The van der Waals surface area contributed by atoms with Crippen LogP contribution in [0.4, 0.5) is 4.39 Å². The normalized spacial score (nSPS) is 12.1. The summed E-state index contributed by atoms with van der Waals surface area (Å²) in [4.78, 5) is 0. The van der Waals surface area contributed by atoms with Gasteiger partial charge in [0.25, 0.3) is 0 Å². The minimum Gasteiger partial charge on any atom is -0.496 e. The van der Waals surface area contributed by atoms with Gasteiger partial charge in [-0.3, -0.25) is 0 Å². The van der Waals surface area contributed by atoms with E-state index in [1.54, 1.807) is 12.1 Å². The molecule has 5 heteroatoms. The Morgan fingerprint density at radius 3 is 2.00 bits per heavy atom. The zero-order chi connectivity index (χ0) is 12.1. The van der Waals surface area contributed by atoms with E-state index >= 15 is 0 Å². The molecule has 0 amide bonds. The first-order valence-electron chi connectivity index (χ1n) is 4.79. The average Bonchev–Trinajstić information content (AvgIpc) is 2.35. The molecule has 0 aliphatic carbocycles. The van der Waals surface area contributed by atoms with Crippen LogP contribution in [-0.4, -0.2) is 28.0 Å². The van der Waals surface area contributed by atoms with Crippen LogP contribution in [0.25, 0.3) is 0 Å². The van der Waals surface area contributed by atoms with E-state index in [0.29, 0.717) is 22.8 Å². The van der Waals surface area contributed by atoms with Crippen molar-refractivity contribution in [2.45, 2.75) is 6.04 Å². The SMILES string of the molecule is COc1cc(OC)c([C@H](N)CF)cc1OC. The quantitative estimate of drug-likeness (QED) is 0.834. The molecule has 1 atom stereocenters. The molecular weight excluding hydrogens is 213 g/mol. The molecule has 1 aromatic rings. The Morgan fingerprint density at radius 2 is 1.56 bits per heavy atom. The van der Waals surface area contributed by atoms with Crippen molar-refractivity contribution in [2.24, 2.45) is 5.73 Å². The topological polar surface area (TPSA) is 53.7 Å². The van der Waals surface area contributed by atoms with Crippen molar-refractivity contribution in [1.29, 1.82) is 0 Å². The molecule has 0 saturated carbocycles. The lowest BCUT2D eigenvalue weighted by atomic mass is 10.1. The van der Waals surface area contributed by atoms with E-state index in [0.717, 1.165) is 0 Å². The van der Waals surface area contributed by atoms with Gasteiger partial charge in [0, 0.05) is 11.6 Å². The summed E-state index contributed by atoms with van der Waals surface area (Å²) in [6.45, 7) is -0.661. The molecule has 0 aliphatic rings. The van der Waals surface area contributed by atoms with Crippen LogP contribution >= 0.6 is 0 Å². The summed E-state index contributed by atoms with van der Waals surface area (Å²) >= 11 is 0. The highest BCUT2D eigenvalue weighted by molar-refractivity contribution is 5.51. The number of ether oxygens (including phenoxy) is 3. The maximum absolute atomic E-state index is 12.6. The molecule has 1 aromatic carbocycles. The van der Waals surface area contributed by atoms with Crippen molar-refractivity contribution in [3.8, 4) is 17.2 Å². The Balaban J connectivity index is 3.25. The van der Waals surface area contributed by atoms with Crippen molar-refractivity contribution in [3.05, 3.63) is 17.7 Å². The van der Waals surface area contributed by atoms with Crippen LogP contribution in [0.3, 0.4) is 0 Å². The summed E-state index contributed by atoms with van der Waals surface area (Å²) in [5.74, 6) is 1.51. The van der Waals surface area contributed by atoms with Crippen LogP contribution < -0.4 is 19.9 Å². The fourth-order valence-electron chi connectivity index (χ4n) is 1.43. The van der Waals surface area contributed by atoms with Gasteiger partial charge in [-0.2, -0.15) is 0 Å². The molecule has 0 aromatic heterocycles. The van der Waals surface area contributed by atoms with E-state index in [1.807, 2.05) is 0 Å². The summed E-state index contributed by atoms with van der Waals surface area (Å²) in [6, 6.07) is 2.53. The third-order valence-corrected chi connectivity index (χ3v) is 2.30. The van der Waals surface area contributed by atoms with Crippen molar-refractivity contribution < 1.29 is 18.6 Å². The molecule has 0 spiro atoms. The Hall–Kier alpha value is -1.49. The fourth-order valence-corrected chi connectivity index (χ4v) is 1.43. The molecule has 0 aliphatic heterocycles. The molecule has 2 N–H and O–H groups in total. The summed E-state index contributed by atoms with van der Waals surface area (Å²) < 4.78 is 27.9. The van der Waals surface area contributed by atoms with Gasteiger partial charge in [0.2, 0.25) is 0 Å². The molecule has 0 heterocycles.